The van der Waals surface area contributed by atoms with Gasteiger partial charge in [-0.25, -0.2) is 4.79 Å². The van der Waals surface area contributed by atoms with Gasteiger partial charge >= 0.3 is 5.97 Å². The third-order valence-corrected chi connectivity index (χ3v) is 1.29. The van der Waals surface area contributed by atoms with Crippen LogP contribution in [0.2, 0.25) is 0 Å². The molecule has 72 valence electrons. The fraction of sp³-hybridized carbons (Fsp3) is 0.875. The van der Waals surface area contributed by atoms with Crippen molar-refractivity contribution in [2.24, 2.45) is 0 Å². The first-order chi connectivity index (χ1) is 5.24. The zero-order valence-electron chi connectivity index (χ0n) is 8.13. The normalized spacial score (nSPS) is 16.8. The van der Waals surface area contributed by atoms with Gasteiger partial charge in [0.25, 0.3) is 0 Å². The van der Waals surface area contributed by atoms with Crippen LogP contribution in [0, 0.1) is 0 Å². The molecule has 0 aromatic rings. The van der Waals surface area contributed by atoms with Gasteiger partial charge in [-0.1, -0.05) is 0 Å². The number of aliphatic hydroxyl groups is 1. The smallest absolute Gasteiger partial charge is 0.368 e. The van der Waals surface area contributed by atoms with E-state index in [0.29, 0.717) is 0 Å². The molecule has 0 radical (unpaired) electrons. The summed E-state index contributed by atoms with van der Waals surface area (Å²) in [5.74, 6) is -0.461. The summed E-state index contributed by atoms with van der Waals surface area (Å²) in [4.78, 5) is 11.2. The molecule has 0 amide bonds. The number of ether oxygens (including phenoxy) is 1. The monoisotopic (exact) mass is 176 g/mol. The topological polar surface area (TPSA) is 74.2 Å². The minimum Gasteiger partial charge on any atom is -0.456 e. The quantitative estimate of drug-likeness (QED) is 0.547. The van der Waals surface area contributed by atoms with Crippen molar-refractivity contribution in [3.8, 4) is 0 Å². The molecule has 0 rings (SSSR count). The minimum atomic E-state index is -0.764. The highest BCUT2D eigenvalue weighted by Crippen LogP contribution is 2.08. The van der Waals surface area contributed by atoms with Crippen LogP contribution in [0.4, 0.5) is 0 Å². The first kappa shape index (κ1) is 11.4. The van der Waals surface area contributed by atoms with Crippen LogP contribution in [-0.4, -0.2) is 28.8 Å². The van der Waals surface area contributed by atoms with Gasteiger partial charge in [-0.15, -0.1) is 0 Å². The molecular weight excluding hydrogens is 158 g/mol. The molecule has 0 aliphatic carbocycles. The number of hydrogen-bond acceptors (Lipinski definition) is 3. The Morgan fingerprint density at radius 3 is 2.17 bits per heavy atom. The molecule has 4 N–H and O–H groups in total. The van der Waals surface area contributed by atoms with Crippen molar-refractivity contribution in [3.63, 3.8) is 0 Å². The van der Waals surface area contributed by atoms with E-state index < -0.39 is 23.7 Å². The lowest BCUT2D eigenvalue weighted by atomic mass is 10.1. The summed E-state index contributed by atoms with van der Waals surface area (Å²) >= 11 is 0. The van der Waals surface area contributed by atoms with Gasteiger partial charge in [0.05, 0.1) is 0 Å². The van der Waals surface area contributed by atoms with Crippen LogP contribution >= 0.6 is 0 Å². The molecule has 0 unspecified atom stereocenters. The number of esters is 1. The average molecular weight is 176 g/mol. The Balaban J connectivity index is 4.05. The molecule has 4 heteroatoms. The Kier molecular flexibility index (Phi) is 3.67. The van der Waals surface area contributed by atoms with Gasteiger partial charge in [0, 0.05) is 0 Å². The Morgan fingerprint density at radius 2 is 1.92 bits per heavy atom. The van der Waals surface area contributed by atoms with Crippen molar-refractivity contribution in [1.82, 2.24) is 0 Å². The highest BCUT2D eigenvalue weighted by atomic mass is 16.6. The van der Waals surface area contributed by atoms with E-state index in [-0.39, 0.29) is 0 Å². The summed E-state index contributed by atoms with van der Waals surface area (Å²) in [6, 6.07) is -0.704. The third-order valence-electron chi connectivity index (χ3n) is 1.29. The fourth-order valence-electron chi connectivity index (χ4n) is 0.574. The lowest BCUT2D eigenvalue weighted by Gasteiger charge is -2.21. The molecular formula is C8H18NO3+. The van der Waals surface area contributed by atoms with Gasteiger partial charge in [-0.3, -0.25) is 0 Å². The molecule has 0 fully saturated rings. The summed E-state index contributed by atoms with van der Waals surface area (Å²) in [7, 11) is 0. The highest BCUT2D eigenvalue weighted by Gasteiger charge is 2.28. The Bertz CT molecular complexity index is 160. The summed E-state index contributed by atoms with van der Waals surface area (Å²) < 4.78 is 5.00. The van der Waals surface area contributed by atoms with Crippen molar-refractivity contribution in [3.05, 3.63) is 0 Å². The molecule has 0 bridgehead atoms. The largest absolute Gasteiger partial charge is 0.456 e. The summed E-state index contributed by atoms with van der Waals surface area (Å²) in [5, 5.41) is 9.02. The van der Waals surface area contributed by atoms with Crippen molar-refractivity contribution >= 4 is 5.97 Å². The van der Waals surface area contributed by atoms with E-state index in [1.807, 2.05) is 0 Å². The van der Waals surface area contributed by atoms with E-state index >= 15 is 0 Å². The summed E-state index contributed by atoms with van der Waals surface area (Å²) in [6.45, 7) is 6.85. The maximum Gasteiger partial charge on any atom is 0.368 e. The second-order valence-electron chi connectivity index (χ2n) is 3.88. The zero-order valence-corrected chi connectivity index (χ0v) is 8.13. The van der Waals surface area contributed by atoms with Crippen molar-refractivity contribution in [1.29, 1.82) is 0 Å². The Hall–Kier alpha value is -0.610. The second kappa shape index (κ2) is 3.87. The molecule has 12 heavy (non-hydrogen) atoms. The van der Waals surface area contributed by atoms with E-state index in [1.165, 1.54) is 6.92 Å². The third kappa shape index (κ3) is 4.31. The van der Waals surface area contributed by atoms with Gasteiger partial charge in [0.2, 0.25) is 6.04 Å². The Labute approximate surface area is 72.7 Å². The van der Waals surface area contributed by atoms with Gasteiger partial charge in [-0.05, 0) is 27.7 Å². The first-order valence-corrected chi connectivity index (χ1v) is 3.98. The predicted molar refractivity (Wildman–Crippen MR) is 44.2 cm³/mol. The highest BCUT2D eigenvalue weighted by molar-refractivity contribution is 5.75. The number of carbonyl (C=O) groups excluding carboxylic acids is 1. The van der Waals surface area contributed by atoms with Crippen molar-refractivity contribution in [2.75, 3.05) is 0 Å². The first-order valence-electron chi connectivity index (χ1n) is 3.98. The van der Waals surface area contributed by atoms with Crippen LogP contribution in [0.3, 0.4) is 0 Å². The van der Waals surface area contributed by atoms with Crippen LogP contribution in [-0.2, 0) is 9.53 Å². The predicted octanol–water partition coefficient (Wildman–Crippen LogP) is -0.681. The van der Waals surface area contributed by atoms with Crippen LogP contribution in [0.1, 0.15) is 27.7 Å². The number of aliphatic hydroxyl groups excluding tert-OH is 1. The second-order valence-corrected chi connectivity index (χ2v) is 3.88. The molecule has 2 atom stereocenters. The molecule has 0 aliphatic heterocycles. The van der Waals surface area contributed by atoms with E-state index in [0.717, 1.165) is 0 Å². The molecule has 0 saturated carbocycles. The summed E-state index contributed by atoms with van der Waals surface area (Å²) in [5.41, 5.74) is 2.99. The van der Waals surface area contributed by atoms with Crippen LogP contribution in [0.15, 0.2) is 0 Å². The molecule has 0 aromatic heterocycles. The molecule has 0 aliphatic rings. The number of quaternary nitrogens is 1. The van der Waals surface area contributed by atoms with E-state index in [9.17, 15) is 4.79 Å². The Morgan fingerprint density at radius 1 is 1.50 bits per heavy atom. The van der Waals surface area contributed by atoms with Crippen molar-refractivity contribution in [2.45, 2.75) is 45.4 Å². The van der Waals surface area contributed by atoms with Gasteiger partial charge in [0.1, 0.15) is 11.7 Å². The molecule has 0 aromatic carbocycles. The van der Waals surface area contributed by atoms with E-state index in [1.54, 1.807) is 20.8 Å². The fourth-order valence-corrected chi connectivity index (χ4v) is 0.574. The molecule has 0 saturated heterocycles. The van der Waals surface area contributed by atoms with E-state index in [2.05, 4.69) is 5.73 Å². The maximum atomic E-state index is 11.2. The molecule has 0 heterocycles. The summed E-state index contributed by atoms with van der Waals surface area (Å²) in [6.07, 6.45) is -0.764. The number of hydrogen-bond donors (Lipinski definition) is 2. The standard InChI is InChI=1S/C8H17NO3/c1-5(10)6(9)7(11)12-8(2,3)4/h5-6,10H,9H2,1-4H3/p+1/t5-,6-/m1/s1. The van der Waals surface area contributed by atoms with Crippen LogP contribution in [0.25, 0.3) is 0 Å². The lowest BCUT2D eigenvalue weighted by Crippen LogP contribution is -2.70. The van der Waals surface area contributed by atoms with Crippen molar-refractivity contribution < 1.29 is 20.4 Å². The van der Waals surface area contributed by atoms with Crippen LogP contribution < -0.4 is 5.73 Å². The van der Waals surface area contributed by atoms with E-state index in [4.69, 9.17) is 9.84 Å². The van der Waals surface area contributed by atoms with Gasteiger partial charge in [-0.2, -0.15) is 0 Å². The minimum absolute atomic E-state index is 0.461. The SMILES string of the molecule is C[C@@H](O)[C@@H]([NH3+])C(=O)OC(C)(C)C. The van der Waals surface area contributed by atoms with Gasteiger partial charge < -0.3 is 15.6 Å². The molecule has 0 spiro atoms. The number of rotatable bonds is 2. The molecule has 4 nitrogen and oxygen atoms in total. The lowest BCUT2D eigenvalue weighted by molar-refractivity contribution is -0.425. The van der Waals surface area contributed by atoms with Crippen LogP contribution in [0.5, 0.6) is 0 Å². The zero-order chi connectivity index (χ0) is 9.94. The number of carbonyl (C=O) groups is 1. The maximum absolute atomic E-state index is 11.2. The van der Waals surface area contributed by atoms with Gasteiger partial charge in [0.15, 0.2) is 0 Å². The average Bonchev–Trinajstić information content (AvgIpc) is 1.82.